The van der Waals surface area contributed by atoms with Crippen molar-refractivity contribution >= 4 is 23.7 Å². The number of aliphatic carboxylic acids is 1. The molecule has 4 unspecified atom stereocenters. The molecule has 2 saturated carbocycles. The Morgan fingerprint density at radius 3 is 2.46 bits per heavy atom. The van der Waals surface area contributed by atoms with E-state index in [0.29, 0.717) is 12.8 Å². The highest BCUT2D eigenvalue weighted by molar-refractivity contribution is 5.93. The number of carboxylic acids is 1. The van der Waals surface area contributed by atoms with Crippen LogP contribution in [0.2, 0.25) is 0 Å². The number of benzene rings is 1. The van der Waals surface area contributed by atoms with Gasteiger partial charge in [-0.1, -0.05) is 48.9 Å². The SMILES string of the molecule is O=C1CCC2C1C(C=Cc1ccccc1)N(C(=O)C1CCC1)C2C(=O)O. The summed E-state index contributed by atoms with van der Waals surface area (Å²) in [6.45, 7) is 0. The van der Waals surface area contributed by atoms with Crippen LogP contribution in [-0.4, -0.2) is 39.7 Å². The first kappa shape index (κ1) is 17.0. The van der Waals surface area contributed by atoms with Gasteiger partial charge in [0.2, 0.25) is 5.91 Å². The lowest BCUT2D eigenvalue weighted by atomic mass is 9.84. The van der Waals surface area contributed by atoms with Crippen molar-refractivity contribution in [2.24, 2.45) is 17.8 Å². The highest BCUT2D eigenvalue weighted by Gasteiger charge is 2.58. The normalized spacial score (nSPS) is 31.2. The van der Waals surface area contributed by atoms with Crippen LogP contribution in [-0.2, 0) is 14.4 Å². The van der Waals surface area contributed by atoms with Gasteiger partial charge in [0.25, 0.3) is 0 Å². The van der Waals surface area contributed by atoms with Crippen LogP contribution in [0, 0.1) is 17.8 Å². The summed E-state index contributed by atoms with van der Waals surface area (Å²) in [5, 5.41) is 9.81. The molecule has 2 aliphatic carbocycles. The van der Waals surface area contributed by atoms with Gasteiger partial charge in [-0.05, 0) is 24.8 Å². The van der Waals surface area contributed by atoms with Crippen molar-refractivity contribution < 1.29 is 19.5 Å². The minimum Gasteiger partial charge on any atom is -0.480 e. The minimum absolute atomic E-state index is 0.0848. The van der Waals surface area contributed by atoms with Gasteiger partial charge in [-0.15, -0.1) is 0 Å². The number of carboxylic acid groups (broad SMARTS) is 1. The van der Waals surface area contributed by atoms with Crippen molar-refractivity contribution in [1.29, 1.82) is 0 Å². The van der Waals surface area contributed by atoms with Gasteiger partial charge in [-0.25, -0.2) is 4.79 Å². The van der Waals surface area contributed by atoms with E-state index in [0.717, 1.165) is 24.8 Å². The Kier molecular flexibility index (Phi) is 4.39. The molecule has 3 aliphatic rings. The zero-order chi connectivity index (χ0) is 18.3. The molecule has 1 aromatic carbocycles. The van der Waals surface area contributed by atoms with E-state index in [1.54, 1.807) is 0 Å². The lowest BCUT2D eigenvalue weighted by Crippen LogP contribution is -2.50. The van der Waals surface area contributed by atoms with Crippen LogP contribution in [0.4, 0.5) is 0 Å². The minimum atomic E-state index is -0.988. The maximum Gasteiger partial charge on any atom is 0.326 e. The summed E-state index contributed by atoms with van der Waals surface area (Å²) in [4.78, 5) is 39.0. The van der Waals surface area contributed by atoms with E-state index in [1.807, 2.05) is 42.5 Å². The van der Waals surface area contributed by atoms with Crippen LogP contribution in [0.25, 0.3) is 6.08 Å². The number of Topliss-reactive ketones (excluding diaryl/α,β-unsaturated/α-hetero) is 1. The van der Waals surface area contributed by atoms with Crippen LogP contribution in [0.1, 0.15) is 37.7 Å². The van der Waals surface area contributed by atoms with Gasteiger partial charge in [0.05, 0.1) is 6.04 Å². The van der Waals surface area contributed by atoms with Gasteiger partial charge in [0, 0.05) is 24.2 Å². The van der Waals surface area contributed by atoms with Gasteiger partial charge in [0.1, 0.15) is 11.8 Å². The molecule has 1 amide bonds. The molecule has 5 heteroatoms. The van der Waals surface area contributed by atoms with Gasteiger partial charge in [-0.2, -0.15) is 0 Å². The third-order valence-corrected chi connectivity index (χ3v) is 6.20. The van der Waals surface area contributed by atoms with Crippen LogP contribution < -0.4 is 0 Å². The number of amides is 1. The van der Waals surface area contributed by atoms with Crippen LogP contribution in [0.5, 0.6) is 0 Å². The highest BCUT2D eigenvalue weighted by atomic mass is 16.4. The van der Waals surface area contributed by atoms with Gasteiger partial charge in [-0.3, -0.25) is 9.59 Å². The van der Waals surface area contributed by atoms with Crippen molar-refractivity contribution in [3.8, 4) is 0 Å². The fourth-order valence-electron chi connectivity index (χ4n) is 4.70. The first-order valence-corrected chi connectivity index (χ1v) is 9.39. The number of rotatable bonds is 4. The summed E-state index contributed by atoms with van der Waals surface area (Å²) in [5.74, 6) is -1.73. The molecule has 0 aromatic heterocycles. The molecule has 5 nitrogen and oxygen atoms in total. The lowest BCUT2D eigenvalue weighted by molar-refractivity contribution is -0.153. The molecule has 4 atom stereocenters. The molecule has 4 rings (SSSR count). The van der Waals surface area contributed by atoms with E-state index in [9.17, 15) is 19.5 Å². The second-order valence-electron chi connectivity index (χ2n) is 7.61. The van der Waals surface area contributed by atoms with E-state index >= 15 is 0 Å². The Labute approximate surface area is 152 Å². The van der Waals surface area contributed by atoms with Gasteiger partial charge < -0.3 is 10.0 Å². The van der Waals surface area contributed by atoms with Gasteiger partial charge >= 0.3 is 5.97 Å². The van der Waals surface area contributed by atoms with Crippen LogP contribution in [0.3, 0.4) is 0 Å². The molecule has 1 N–H and O–H groups in total. The molecular formula is C21H23NO4. The monoisotopic (exact) mass is 353 g/mol. The second kappa shape index (κ2) is 6.71. The molecule has 1 aliphatic heterocycles. The summed E-state index contributed by atoms with van der Waals surface area (Å²) in [6, 6.07) is 8.34. The Morgan fingerprint density at radius 2 is 1.85 bits per heavy atom. The number of carbonyl (C=O) groups excluding carboxylic acids is 2. The molecule has 0 bridgehead atoms. The highest BCUT2D eigenvalue weighted by Crippen LogP contribution is 2.46. The summed E-state index contributed by atoms with van der Waals surface area (Å²) in [7, 11) is 0. The number of ketones is 1. The largest absolute Gasteiger partial charge is 0.480 e. The first-order valence-electron chi connectivity index (χ1n) is 9.39. The summed E-state index contributed by atoms with van der Waals surface area (Å²) >= 11 is 0. The molecule has 1 heterocycles. The lowest BCUT2D eigenvalue weighted by Gasteiger charge is -2.35. The maximum absolute atomic E-state index is 13.0. The Bertz CT molecular complexity index is 753. The van der Waals surface area contributed by atoms with E-state index < -0.39 is 18.1 Å². The van der Waals surface area contributed by atoms with Crippen molar-refractivity contribution in [1.82, 2.24) is 4.90 Å². The van der Waals surface area contributed by atoms with Crippen molar-refractivity contribution in [3.63, 3.8) is 0 Å². The third kappa shape index (κ3) is 2.75. The molecule has 3 fully saturated rings. The Hall–Kier alpha value is -2.43. The standard InChI is InChI=1S/C21H23NO4/c23-17-12-10-15-18(17)16(11-9-13-5-2-1-3-6-13)22(19(15)21(25)26)20(24)14-7-4-8-14/h1-3,5-6,9,11,14-16,18-19H,4,7-8,10,12H2,(H,25,26). The summed E-state index contributed by atoms with van der Waals surface area (Å²) in [6.07, 6.45) is 7.40. The molecular weight excluding hydrogens is 330 g/mol. The van der Waals surface area contributed by atoms with Crippen LogP contribution >= 0.6 is 0 Å². The van der Waals surface area contributed by atoms with Crippen LogP contribution in [0.15, 0.2) is 36.4 Å². The molecule has 26 heavy (non-hydrogen) atoms. The predicted octanol–water partition coefficient (Wildman–Crippen LogP) is 2.76. The number of nitrogens with zero attached hydrogens (tertiary/aromatic N) is 1. The number of carbonyl (C=O) groups is 3. The summed E-state index contributed by atoms with van der Waals surface area (Å²) < 4.78 is 0. The zero-order valence-corrected chi connectivity index (χ0v) is 14.6. The maximum atomic E-state index is 13.0. The number of likely N-dealkylation sites (tertiary alicyclic amines) is 1. The van der Waals surface area contributed by atoms with Crippen molar-refractivity contribution in [2.45, 2.75) is 44.2 Å². The van der Waals surface area contributed by atoms with Crippen molar-refractivity contribution in [2.75, 3.05) is 0 Å². The van der Waals surface area contributed by atoms with Crippen molar-refractivity contribution in [3.05, 3.63) is 42.0 Å². The second-order valence-corrected chi connectivity index (χ2v) is 7.61. The number of fused-ring (bicyclic) bond motifs is 1. The van der Waals surface area contributed by atoms with E-state index in [1.165, 1.54) is 4.90 Å². The molecule has 1 aromatic rings. The number of hydrogen-bond acceptors (Lipinski definition) is 3. The Morgan fingerprint density at radius 1 is 1.12 bits per heavy atom. The Balaban J connectivity index is 1.70. The average Bonchev–Trinajstić information content (AvgIpc) is 3.10. The first-order chi connectivity index (χ1) is 12.6. The molecule has 1 saturated heterocycles. The summed E-state index contributed by atoms with van der Waals surface area (Å²) in [5.41, 5.74) is 0.976. The van der Waals surface area contributed by atoms with E-state index in [2.05, 4.69) is 0 Å². The predicted molar refractivity (Wildman–Crippen MR) is 96.1 cm³/mol. The van der Waals surface area contributed by atoms with Gasteiger partial charge in [0.15, 0.2) is 0 Å². The molecule has 0 spiro atoms. The fourth-order valence-corrected chi connectivity index (χ4v) is 4.70. The van der Waals surface area contributed by atoms with E-state index in [4.69, 9.17) is 0 Å². The fraction of sp³-hybridized carbons (Fsp3) is 0.476. The quantitative estimate of drug-likeness (QED) is 0.903. The number of hydrogen-bond donors (Lipinski definition) is 1. The smallest absolute Gasteiger partial charge is 0.326 e. The molecule has 0 radical (unpaired) electrons. The zero-order valence-electron chi connectivity index (χ0n) is 14.6. The molecule has 136 valence electrons. The topological polar surface area (TPSA) is 74.7 Å². The third-order valence-electron chi connectivity index (χ3n) is 6.20. The average molecular weight is 353 g/mol. The van der Waals surface area contributed by atoms with E-state index in [-0.39, 0.29) is 29.4 Å².